The highest BCUT2D eigenvalue weighted by atomic mass is 14.2. The molecule has 0 atom stereocenters. The summed E-state index contributed by atoms with van der Waals surface area (Å²) in [4.78, 5) is 0. The maximum Gasteiger partial charge on any atom is -0.00201 e. The molecule has 0 amide bonds. The first-order valence-electron chi connectivity index (χ1n) is 10.7. The minimum atomic E-state index is 1.10. The van der Waals surface area contributed by atoms with Crippen molar-refractivity contribution in [2.75, 3.05) is 0 Å². The van der Waals surface area contributed by atoms with Crippen LogP contribution >= 0.6 is 0 Å². The van der Waals surface area contributed by atoms with Gasteiger partial charge in [0.25, 0.3) is 0 Å². The van der Waals surface area contributed by atoms with E-state index in [1.165, 1.54) is 54.6 Å². The second-order valence-corrected chi connectivity index (χ2v) is 8.03. The van der Waals surface area contributed by atoms with Gasteiger partial charge in [0, 0.05) is 0 Å². The molecule has 0 saturated carbocycles. The Bertz CT molecular complexity index is 1420. The normalized spacial score (nSPS) is 13.8. The van der Waals surface area contributed by atoms with E-state index in [2.05, 4.69) is 109 Å². The Balaban J connectivity index is 1.82. The number of hydrogen-bond donors (Lipinski definition) is 0. The van der Waals surface area contributed by atoms with Crippen molar-refractivity contribution in [3.63, 3.8) is 0 Å². The smallest absolute Gasteiger partial charge is 0.00201 e. The van der Waals surface area contributed by atoms with Crippen molar-refractivity contribution < 1.29 is 0 Å². The van der Waals surface area contributed by atoms with E-state index < -0.39 is 0 Å². The highest BCUT2D eigenvalue weighted by Crippen LogP contribution is 2.44. The van der Waals surface area contributed by atoms with Gasteiger partial charge in [0.1, 0.15) is 0 Å². The monoisotopic (exact) mass is 382 g/mol. The Kier molecular flexibility index (Phi) is 4.02. The van der Waals surface area contributed by atoms with Crippen LogP contribution in [0.4, 0.5) is 0 Å². The Hall–Kier alpha value is -3.64. The third-order valence-electron chi connectivity index (χ3n) is 6.33. The van der Waals surface area contributed by atoms with Gasteiger partial charge in [-0.05, 0) is 67.4 Å². The summed E-state index contributed by atoms with van der Waals surface area (Å²) in [6, 6.07) is 33.2. The predicted octanol–water partition coefficient (Wildman–Crippen LogP) is 8.55. The second kappa shape index (κ2) is 7.00. The van der Waals surface area contributed by atoms with Crippen molar-refractivity contribution in [1.82, 2.24) is 0 Å². The van der Waals surface area contributed by atoms with E-state index in [9.17, 15) is 0 Å². The average Bonchev–Trinajstić information content (AvgIpc) is 2.83. The first-order chi connectivity index (χ1) is 14.9. The van der Waals surface area contributed by atoms with Gasteiger partial charge in [-0.1, -0.05) is 109 Å². The molecule has 0 heterocycles. The topological polar surface area (TPSA) is 0 Å². The van der Waals surface area contributed by atoms with E-state index in [0.29, 0.717) is 0 Å². The summed E-state index contributed by atoms with van der Waals surface area (Å²) in [5, 5.41) is 7.95. The van der Waals surface area contributed by atoms with Crippen LogP contribution in [-0.2, 0) is 0 Å². The largest absolute Gasteiger partial charge is 0.0842 e. The number of rotatable bonds is 2. The lowest BCUT2D eigenvalue weighted by atomic mass is 9.83. The average molecular weight is 383 g/mol. The molecule has 0 unspecified atom stereocenters. The van der Waals surface area contributed by atoms with E-state index in [1.54, 1.807) is 0 Å². The lowest BCUT2D eigenvalue weighted by Crippen LogP contribution is -1.95. The molecule has 5 aromatic carbocycles. The van der Waals surface area contributed by atoms with Crippen LogP contribution in [0.2, 0.25) is 0 Å². The Morgan fingerprint density at radius 3 is 1.70 bits per heavy atom. The first kappa shape index (κ1) is 17.2. The predicted molar refractivity (Wildman–Crippen MR) is 131 cm³/mol. The Morgan fingerprint density at radius 1 is 0.500 bits per heavy atom. The zero-order chi connectivity index (χ0) is 19.9. The van der Waals surface area contributed by atoms with E-state index >= 15 is 0 Å². The van der Waals surface area contributed by atoms with Crippen molar-refractivity contribution in [3.8, 4) is 11.1 Å². The SMILES string of the molecule is C1=CCCC(c2c3ccccc3c(-c3cccc4ccccc34)c3ccccc23)=C1. The maximum atomic E-state index is 2.30. The molecule has 0 bridgehead atoms. The van der Waals surface area contributed by atoms with Crippen molar-refractivity contribution >= 4 is 37.9 Å². The van der Waals surface area contributed by atoms with Gasteiger partial charge in [-0.2, -0.15) is 0 Å². The lowest BCUT2D eigenvalue weighted by Gasteiger charge is -2.20. The fraction of sp³-hybridized carbons (Fsp3) is 0.0667. The van der Waals surface area contributed by atoms with Crippen molar-refractivity contribution in [2.24, 2.45) is 0 Å². The summed E-state index contributed by atoms with van der Waals surface area (Å²) in [5.74, 6) is 0. The van der Waals surface area contributed by atoms with Crippen LogP contribution in [0.3, 0.4) is 0 Å². The van der Waals surface area contributed by atoms with E-state index in [4.69, 9.17) is 0 Å². The molecule has 0 radical (unpaired) electrons. The highest BCUT2D eigenvalue weighted by molar-refractivity contribution is 6.21. The molecule has 142 valence electrons. The van der Waals surface area contributed by atoms with Crippen molar-refractivity contribution in [2.45, 2.75) is 12.8 Å². The Morgan fingerprint density at radius 2 is 1.07 bits per heavy atom. The summed E-state index contributed by atoms with van der Waals surface area (Å²) < 4.78 is 0. The zero-order valence-electron chi connectivity index (χ0n) is 16.8. The quantitative estimate of drug-likeness (QED) is 0.268. The molecule has 0 saturated heterocycles. The fourth-order valence-corrected chi connectivity index (χ4v) is 5.02. The molecule has 1 aliphatic rings. The van der Waals surface area contributed by atoms with Crippen molar-refractivity contribution in [3.05, 3.63) is 115 Å². The van der Waals surface area contributed by atoms with Crippen LogP contribution < -0.4 is 0 Å². The summed E-state index contributed by atoms with van der Waals surface area (Å²) in [6.07, 6.45) is 8.98. The molecule has 0 fully saturated rings. The fourth-order valence-electron chi connectivity index (χ4n) is 5.02. The second-order valence-electron chi connectivity index (χ2n) is 8.03. The summed E-state index contributed by atoms with van der Waals surface area (Å²) in [5.41, 5.74) is 5.49. The van der Waals surface area contributed by atoms with Crippen LogP contribution in [0.15, 0.2) is 109 Å². The molecule has 5 aromatic rings. The molecule has 0 heteroatoms. The number of fused-ring (bicyclic) bond motifs is 3. The van der Waals surface area contributed by atoms with Gasteiger partial charge in [0.15, 0.2) is 0 Å². The minimum Gasteiger partial charge on any atom is -0.0842 e. The molecule has 30 heavy (non-hydrogen) atoms. The van der Waals surface area contributed by atoms with Gasteiger partial charge < -0.3 is 0 Å². The lowest BCUT2D eigenvalue weighted by molar-refractivity contribution is 1.06. The van der Waals surface area contributed by atoms with Gasteiger partial charge in [-0.3, -0.25) is 0 Å². The van der Waals surface area contributed by atoms with Gasteiger partial charge in [0.05, 0.1) is 0 Å². The highest BCUT2D eigenvalue weighted by Gasteiger charge is 2.18. The maximum absolute atomic E-state index is 2.30. The summed E-state index contributed by atoms with van der Waals surface area (Å²) in [6.45, 7) is 0. The standard InChI is InChI=1S/C30H22/c1-2-12-22(13-3-1)29-25-16-6-8-18-27(25)30(28-19-9-7-17-26(28)29)24-20-10-14-21-11-4-5-15-23(21)24/h1-2,4-12,14-20H,3,13H2. The number of hydrogen-bond acceptors (Lipinski definition) is 0. The van der Waals surface area contributed by atoms with Crippen molar-refractivity contribution in [1.29, 1.82) is 0 Å². The van der Waals surface area contributed by atoms with E-state index in [-0.39, 0.29) is 0 Å². The third kappa shape index (κ3) is 2.61. The van der Waals surface area contributed by atoms with Crippen LogP contribution in [0.5, 0.6) is 0 Å². The molecule has 0 N–H and O–H groups in total. The molecule has 0 aliphatic heterocycles. The molecule has 0 nitrogen and oxygen atoms in total. The van der Waals surface area contributed by atoms with Crippen LogP contribution in [-0.4, -0.2) is 0 Å². The molecule has 1 aliphatic carbocycles. The molecular formula is C30H22. The molecule has 0 aromatic heterocycles. The summed E-state index contributed by atoms with van der Waals surface area (Å²) >= 11 is 0. The molecule has 6 rings (SSSR count). The van der Waals surface area contributed by atoms with Gasteiger partial charge in [-0.15, -0.1) is 0 Å². The Labute approximate surface area is 176 Å². The third-order valence-corrected chi connectivity index (χ3v) is 6.33. The minimum absolute atomic E-state index is 1.10. The van der Waals surface area contributed by atoms with Gasteiger partial charge in [-0.25, -0.2) is 0 Å². The number of allylic oxidation sites excluding steroid dienone is 4. The number of benzene rings is 5. The summed E-state index contributed by atoms with van der Waals surface area (Å²) in [7, 11) is 0. The van der Waals surface area contributed by atoms with Gasteiger partial charge >= 0.3 is 0 Å². The first-order valence-corrected chi connectivity index (χ1v) is 10.7. The van der Waals surface area contributed by atoms with Crippen LogP contribution in [0.1, 0.15) is 18.4 Å². The molecular weight excluding hydrogens is 360 g/mol. The molecule has 0 spiro atoms. The van der Waals surface area contributed by atoms with E-state index in [0.717, 1.165) is 12.8 Å². The van der Waals surface area contributed by atoms with Gasteiger partial charge in [0.2, 0.25) is 0 Å². The zero-order valence-corrected chi connectivity index (χ0v) is 16.8. The van der Waals surface area contributed by atoms with Crippen LogP contribution in [0.25, 0.3) is 49.0 Å². The van der Waals surface area contributed by atoms with E-state index in [1.807, 2.05) is 0 Å². The van der Waals surface area contributed by atoms with Crippen LogP contribution in [0, 0.1) is 0 Å².